The number of carbonyl (C=O) groups is 2. The number of esters is 1. The molecule has 0 aliphatic carbocycles. The van der Waals surface area contributed by atoms with Crippen molar-refractivity contribution in [3.8, 4) is 0 Å². The third-order valence-electron chi connectivity index (χ3n) is 3.42. The fraction of sp³-hybridized carbons (Fsp3) is 0.833. The quantitative estimate of drug-likeness (QED) is 0.720. The molecule has 0 aromatic carbocycles. The Labute approximate surface area is 101 Å². The van der Waals surface area contributed by atoms with Gasteiger partial charge in [0.25, 0.3) is 0 Å². The number of hydrogen-bond acceptors (Lipinski definition) is 4. The highest BCUT2D eigenvalue weighted by Gasteiger charge is 2.31. The smallest absolute Gasteiger partial charge is 0.323 e. The van der Waals surface area contributed by atoms with Gasteiger partial charge in [0, 0.05) is 19.5 Å². The summed E-state index contributed by atoms with van der Waals surface area (Å²) >= 11 is 0. The Bertz CT molecular complexity index is 300. The summed E-state index contributed by atoms with van der Waals surface area (Å²) in [5.41, 5.74) is 0. The molecule has 5 heteroatoms. The number of likely N-dealkylation sites (tertiary alicyclic amines) is 1. The van der Waals surface area contributed by atoms with Gasteiger partial charge in [0.2, 0.25) is 5.91 Å². The van der Waals surface area contributed by atoms with E-state index in [4.69, 9.17) is 4.74 Å². The molecule has 0 aromatic heterocycles. The van der Waals surface area contributed by atoms with E-state index in [1.54, 1.807) is 0 Å². The number of amides is 1. The summed E-state index contributed by atoms with van der Waals surface area (Å²) in [6, 6.07) is -0.609. The normalized spacial score (nSPS) is 26.8. The largest absolute Gasteiger partial charge is 0.464 e. The summed E-state index contributed by atoms with van der Waals surface area (Å²) in [5, 5.41) is 3.06. The summed E-state index contributed by atoms with van der Waals surface area (Å²) in [5.74, 6) is -0.132. The molecule has 2 rings (SSSR count). The average molecular weight is 240 g/mol. The Balaban J connectivity index is 1.83. The number of rotatable bonds is 3. The van der Waals surface area contributed by atoms with E-state index >= 15 is 0 Å². The number of ether oxygens (including phenoxy) is 1. The molecule has 0 saturated carbocycles. The van der Waals surface area contributed by atoms with Crippen LogP contribution in [0.2, 0.25) is 0 Å². The van der Waals surface area contributed by atoms with Gasteiger partial charge >= 0.3 is 5.97 Å². The number of piperidine rings is 1. The van der Waals surface area contributed by atoms with Crippen LogP contribution in [-0.2, 0) is 14.3 Å². The van der Waals surface area contributed by atoms with Gasteiger partial charge in [-0.05, 0) is 26.2 Å². The van der Waals surface area contributed by atoms with Crippen molar-refractivity contribution in [2.75, 3.05) is 19.7 Å². The van der Waals surface area contributed by atoms with Crippen molar-refractivity contribution in [1.82, 2.24) is 10.2 Å². The SMILES string of the molecule is CC(NC1CCOC1=O)C(=O)N1CCCCC1. The lowest BCUT2D eigenvalue weighted by Gasteiger charge is -2.30. The van der Waals surface area contributed by atoms with E-state index in [9.17, 15) is 9.59 Å². The molecule has 0 bridgehead atoms. The van der Waals surface area contributed by atoms with Crippen molar-refractivity contribution < 1.29 is 14.3 Å². The first kappa shape index (κ1) is 12.4. The highest BCUT2D eigenvalue weighted by Crippen LogP contribution is 2.12. The molecule has 2 saturated heterocycles. The number of hydrogen-bond donors (Lipinski definition) is 1. The molecule has 1 amide bonds. The van der Waals surface area contributed by atoms with Crippen LogP contribution < -0.4 is 5.32 Å². The first-order valence-electron chi connectivity index (χ1n) is 6.40. The fourth-order valence-corrected chi connectivity index (χ4v) is 2.41. The molecule has 2 atom stereocenters. The molecule has 2 unspecified atom stereocenters. The van der Waals surface area contributed by atoms with Crippen LogP contribution in [0.1, 0.15) is 32.6 Å². The van der Waals surface area contributed by atoms with E-state index in [-0.39, 0.29) is 24.0 Å². The lowest BCUT2D eigenvalue weighted by atomic mass is 10.1. The molecule has 5 nitrogen and oxygen atoms in total. The zero-order valence-electron chi connectivity index (χ0n) is 10.3. The Hall–Kier alpha value is -1.10. The third kappa shape index (κ3) is 2.97. The van der Waals surface area contributed by atoms with Crippen LogP contribution >= 0.6 is 0 Å². The molecule has 1 N–H and O–H groups in total. The van der Waals surface area contributed by atoms with Crippen molar-refractivity contribution in [2.45, 2.75) is 44.7 Å². The van der Waals surface area contributed by atoms with Gasteiger partial charge in [0.05, 0.1) is 12.6 Å². The predicted molar refractivity (Wildman–Crippen MR) is 62.4 cm³/mol. The first-order valence-corrected chi connectivity index (χ1v) is 6.40. The van der Waals surface area contributed by atoms with Gasteiger partial charge in [0.1, 0.15) is 6.04 Å². The predicted octanol–water partition coefficient (Wildman–Crippen LogP) is 0.293. The van der Waals surface area contributed by atoms with Gasteiger partial charge in [-0.15, -0.1) is 0 Å². The van der Waals surface area contributed by atoms with Gasteiger partial charge in [-0.3, -0.25) is 14.9 Å². The lowest BCUT2D eigenvalue weighted by Crippen LogP contribution is -2.50. The van der Waals surface area contributed by atoms with E-state index in [0.29, 0.717) is 13.0 Å². The Kier molecular flexibility index (Phi) is 3.99. The van der Waals surface area contributed by atoms with Gasteiger partial charge in [0.15, 0.2) is 0 Å². The molecule has 2 aliphatic rings. The second kappa shape index (κ2) is 5.49. The lowest BCUT2D eigenvalue weighted by molar-refractivity contribution is -0.140. The van der Waals surface area contributed by atoms with E-state index in [2.05, 4.69) is 5.32 Å². The zero-order valence-corrected chi connectivity index (χ0v) is 10.3. The van der Waals surface area contributed by atoms with E-state index in [1.165, 1.54) is 6.42 Å². The molecule has 2 aliphatic heterocycles. The molecule has 2 fully saturated rings. The summed E-state index contributed by atoms with van der Waals surface area (Å²) in [6.45, 7) is 3.98. The van der Waals surface area contributed by atoms with Gasteiger partial charge in [-0.2, -0.15) is 0 Å². The highest BCUT2D eigenvalue weighted by molar-refractivity contribution is 5.83. The summed E-state index contributed by atoms with van der Waals surface area (Å²) in [7, 11) is 0. The Morgan fingerprint density at radius 2 is 2.12 bits per heavy atom. The van der Waals surface area contributed by atoms with Gasteiger partial charge < -0.3 is 9.64 Å². The fourth-order valence-electron chi connectivity index (χ4n) is 2.41. The van der Waals surface area contributed by atoms with Crippen LogP contribution in [0.4, 0.5) is 0 Å². The van der Waals surface area contributed by atoms with Crippen LogP contribution in [-0.4, -0.2) is 48.6 Å². The molecule has 0 radical (unpaired) electrons. The highest BCUT2D eigenvalue weighted by atomic mass is 16.5. The second-order valence-electron chi connectivity index (χ2n) is 4.78. The topological polar surface area (TPSA) is 58.6 Å². The summed E-state index contributed by atoms with van der Waals surface area (Å²) < 4.78 is 4.87. The summed E-state index contributed by atoms with van der Waals surface area (Å²) in [4.78, 5) is 25.3. The Morgan fingerprint density at radius 1 is 1.41 bits per heavy atom. The average Bonchev–Trinajstić information content (AvgIpc) is 2.75. The molecule has 96 valence electrons. The number of nitrogens with zero attached hydrogens (tertiary/aromatic N) is 1. The number of cyclic esters (lactones) is 1. The molecule has 0 spiro atoms. The minimum atomic E-state index is -0.307. The van der Waals surface area contributed by atoms with Crippen LogP contribution in [0.25, 0.3) is 0 Å². The molecular weight excluding hydrogens is 220 g/mol. The second-order valence-corrected chi connectivity index (χ2v) is 4.78. The van der Waals surface area contributed by atoms with E-state index in [1.807, 2.05) is 11.8 Å². The van der Waals surface area contributed by atoms with Crippen LogP contribution in [0.5, 0.6) is 0 Å². The maximum atomic E-state index is 12.1. The van der Waals surface area contributed by atoms with Crippen molar-refractivity contribution in [3.05, 3.63) is 0 Å². The molecule has 0 aromatic rings. The van der Waals surface area contributed by atoms with E-state index in [0.717, 1.165) is 25.9 Å². The maximum Gasteiger partial charge on any atom is 0.323 e. The molecule has 17 heavy (non-hydrogen) atoms. The Morgan fingerprint density at radius 3 is 2.71 bits per heavy atom. The number of carbonyl (C=O) groups excluding carboxylic acids is 2. The van der Waals surface area contributed by atoms with Crippen LogP contribution in [0.15, 0.2) is 0 Å². The standard InChI is InChI=1S/C12H20N2O3/c1-9(13-10-5-8-17-12(10)16)11(15)14-6-3-2-4-7-14/h9-10,13H,2-8H2,1H3. The van der Waals surface area contributed by atoms with Crippen molar-refractivity contribution >= 4 is 11.9 Å². The van der Waals surface area contributed by atoms with Crippen LogP contribution in [0, 0.1) is 0 Å². The van der Waals surface area contributed by atoms with Crippen molar-refractivity contribution in [2.24, 2.45) is 0 Å². The summed E-state index contributed by atoms with van der Waals surface area (Å²) in [6.07, 6.45) is 4.05. The minimum Gasteiger partial charge on any atom is -0.464 e. The molecular formula is C12H20N2O3. The van der Waals surface area contributed by atoms with E-state index < -0.39 is 0 Å². The third-order valence-corrected chi connectivity index (χ3v) is 3.42. The number of nitrogens with one attached hydrogen (secondary N) is 1. The monoisotopic (exact) mass is 240 g/mol. The van der Waals surface area contributed by atoms with Gasteiger partial charge in [-0.1, -0.05) is 0 Å². The van der Waals surface area contributed by atoms with Gasteiger partial charge in [-0.25, -0.2) is 0 Å². The first-order chi connectivity index (χ1) is 8.18. The van der Waals surface area contributed by atoms with Crippen LogP contribution in [0.3, 0.4) is 0 Å². The van der Waals surface area contributed by atoms with Crippen molar-refractivity contribution in [3.63, 3.8) is 0 Å². The molecule has 2 heterocycles. The minimum absolute atomic E-state index is 0.101. The van der Waals surface area contributed by atoms with Crippen molar-refractivity contribution in [1.29, 1.82) is 0 Å². The zero-order chi connectivity index (χ0) is 12.3. The maximum absolute atomic E-state index is 12.1.